The Bertz CT molecular complexity index is 1150. The van der Waals surface area contributed by atoms with E-state index < -0.39 is 0 Å². The van der Waals surface area contributed by atoms with Crippen LogP contribution >= 0.6 is 11.3 Å². The van der Waals surface area contributed by atoms with Crippen LogP contribution < -0.4 is 10.9 Å². The molecule has 154 valence electrons. The van der Waals surface area contributed by atoms with Crippen molar-refractivity contribution in [3.8, 4) is 21.7 Å². The number of aromatic nitrogens is 1. The number of hydrogen-bond acceptors (Lipinski definition) is 5. The second-order valence-corrected chi connectivity index (χ2v) is 8.88. The van der Waals surface area contributed by atoms with Crippen molar-refractivity contribution in [1.82, 2.24) is 9.88 Å². The van der Waals surface area contributed by atoms with Gasteiger partial charge in [0.15, 0.2) is 5.78 Å². The first-order valence-corrected chi connectivity index (χ1v) is 11.2. The van der Waals surface area contributed by atoms with Gasteiger partial charge >= 0.3 is 0 Å². The highest BCUT2D eigenvalue weighted by Gasteiger charge is 2.36. The molecule has 2 aliphatic heterocycles. The third-order valence-electron chi connectivity index (χ3n) is 6.22. The Morgan fingerprint density at radius 2 is 2.10 bits per heavy atom. The number of nitrogens with zero attached hydrogens (tertiary/aromatic N) is 1. The Labute approximate surface area is 179 Å². The number of benzene rings is 1. The average Bonchev–Trinajstić information content (AvgIpc) is 3.44. The summed E-state index contributed by atoms with van der Waals surface area (Å²) in [4.78, 5) is 28.3. The van der Waals surface area contributed by atoms with Crippen LogP contribution in [0.1, 0.15) is 22.3 Å². The van der Waals surface area contributed by atoms with Crippen LogP contribution in [-0.2, 0) is 17.7 Å². The lowest BCUT2D eigenvalue weighted by molar-refractivity contribution is 0.0872. The molecule has 1 aromatic carbocycles. The van der Waals surface area contributed by atoms with Gasteiger partial charge in [-0.2, -0.15) is 0 Å². The van der Waals surface area contributed by atoms with Crippen LogP contribution in [0.4, 0.5) is 0 Å². The van der Waals surface area contributed by atoms with Gasteiger partial charge in [-0.25, -0.2) is 0 Å². The Balaban J connectivity index is 1.71. The summed E-state index contributed by atoms with van der Waals surface area (Å²) in [6.07, 6.45) is 1.72. The van der Waals surface area contributed by atoms with E-state index in [1.807, 2.05) is 46.3 Å². The van der Waals surface area contributed by atoms with E-state index >= 15 is 0 Å². The smallest absolute Gasteiger partial charge is 0.258 e. The molecular formula is C24H24N2O3S. The summed E-state index contributed by atoms with van der Waals surface area (Å²) in [5.74, 6) is 0.193. The van der Waals surface area contributed by atoms with E-state index in [-0.39, 0.29) is 23.3 Å². The monoisotopic (exact) mass is 420 g/mol. The summed E-state index contributed by atoms with van der Waals surface area (Å²) in [6.45, 7) is 1.95. The molecule has 1 fully saturated rings. The molecule has 2 aliphatic rings. The van der Waals surface area contributed by atoms with Gasteiger partial charge in [-0.3, -0.25) is 9.59 Å². The highest BCUT2D eigenvalue weighted by Crippen LogP contribution is 2.38. The maximum Gasteiger partial charge on any atom is 0.258 e. The molecule has 0 saturated carbocycles. The van der Waals surface area contributed by atoms with Gasteiger partial charge in [0.1, 0.15) is 0 Å². The zero-order valence-electron chi connectivity index (χ0n) is 16.9. The zero-order chi connectivity index (χ0) is 20.7. The van der Waals surface area contributed by atoms with Gasteiger partial charge in [0.2, 0.25) is 0 Å². The Hall–Kier alpha value is -2.54. The highest BCUT2D eigenvalue weighted by molar-refractivity contribution is 7.13. The van der Waals surface area contributed by atoms with Crippen LogP contribution in [0.3, 0.4) is 0 Å². The van der Waals surface area contributed by atoms with Crippen molar-refractivity contribution in [2.75, 3.05) is 20.3 Å². The maximum atomic E-state index is 13.8. The number of Topliss-reactive ketones (excluding diaryl/α,β-unsaturated/α-hetero) is 1. The molecule has 30 heavy (non-hydrogen) atoms. The third-order valence-corrected chi connectivity index (χ3v) is 7.18. The van der Waals surface area contributed by atoms with Crippen LogP contribution in [-0.4, -0.2) is 36.7 Å². The molecule has 0 spiro atoms. The molecule has 2 unspecified atom stereocenters. The van der Waals surface area contributed by atoms with E-state index in [9.17, 15) is 9.59 Å². The number of hydrogen-bond donors (Lipinski definition) is 1. The standard InChI is InChI=1S/C24H24N2O3S/c1-29-14-17-7-10-25-20(17)22(27)19-13-18(15-5-3-2-4-6-15)24(28)26-11-8-16-9-12-30-23(16)21(19)26/h2-6,9,12-13,17,20,25H,7-8,10-11,14H2,1H3. The fourth-order valence-corrected chi connectivity index (χ4v) is 5.76. The van der Waals surface area contributed by atoms with Crippen molar-refractivity contribution >= 4 is 17.1 Å². The minimum atomic E-state index is -0.291. The SMILES string of the molecule is COCC1CCNC1C(=O)c1cc(-c2ccccc2)c(=O)n2c1-c1sccc1CC2. The fraction of sp³-hybridized carbons (Fsp3) is 0.333. The van der Waals surface area contributed by atoms with E-state index in [0.717, 1.165) is 35.5 Å². The van der Waals surface area contributed by atoms with Crippen molar-refractivity contribution in [2.24, 2.45) is 5.92 Å². The third kappa shape index (κ3) is 3.16. The number of methoxy groups -OCH3 is 1. The molecule has 4 heterocycles. The molecule has 3 aromatic rings. The first-order valence-electron chi connectivity index (χ1n) is 10.4. The summed E-state index contributed by atoms with van der Waals surface area (Å²) in [5, 5.41) is 5.42. The Morgan fingerprint density at radius 3 is 2.90 bits per heavy atom. The second kappa shape index (κ2) is 7.95. The van der Waals surface area contributed by atoms with Gasteiger partial charge in [0.05, 0.1) is 23.2 Å². The van der Waals surface area contributed by atoms with E-state index in [1.165, 1.54) is 5.56 Å². The van der Waals surface area contributed by atoms with E-state index in [0.29, 0.717) is 24.3 Å². The molecule has 0 radical (unpaired) electrons. The summed E-state index contributed by atoms with van der Waals surface area (Å²) < 4.78 is 7.18. The minimum Gasteiger partial charge on any atom is -0.384 e. The van der Waals surface area contributed by atoms with E-state index in [2.05, 4.69) is 11.4 Å². The van der Waals surface area contributed by atoms with Crippen molar-refractivity contribution in [3.63, 3.8) is 0 Å². The minimum absolute atomic E-state index is 0.0281. The number of aryl methyl sites for hydroxylation is 1. The number of carbonyl (C=O) groups is 1. The lowest BCUT2D eigenvalue weighted by Crippen LogP contribution is -2.39. The first-order chi connectivity index (χ1) is 14.7. The van der Waals surface area contributed by atoms with Crippen LogP contribution in [0.5, 0.6) is 0 Å². The summed E-state index contributed by atoms with van der Waals surface area (Å²) in [7, 11) is 1.68. The number of ether oxygens (including phenoxy) is 1. The van der Waals surface area contributed by atoms with Gasteiger partial charge in [-0.1, -0.05) is 30.3 Å². The van der Waals surface area contributed by atoms with Crippen molar-refractivity contribution in [1.29, 1.82) is 0 Å². The summed E-state index contributed by atoms with van der Waals surface area (Å²) in [5.41, 5.74) is 4.04. The number of ketones is 1. The molecule has 0 amide bonds. The quantitative estimate of drug-likeness (QED) is 0.641. The van der Waals surface area contributed by atoms with E-state index in [4.69, 9.17) is 4.74 Å². The average molecular weight is 421 g/mol. The number of nitrogens with one attached hydrogen (secondary N) is 1. The van der Waals surface area contributed by atoms with Gasteiger partial charge < -0.3 is 14.6 Å². The lowest BCUT2D eigenvalue weighted by Gasteiger charge is -2.25. The van der Waals surface area contributed by atoms with Crippen LogP contribution in [0, 0.1) is 5.92 Å². The molecule has 1 N–H and O–H groups in total. The van der Waals surface area contributed by atoms with Gasteiger partial charge in [-0.15, -0.1) is 11.3 Å². The maximum absolute atomic E-state index is 13.8. The number of thiophene rings is 1. The summed E-state index contributed by atoms with van der Waals surface area (Å²) in [6, 6.07) is 13.3. The van der Waals surface area contributed by atoms with Crippen molar-refractivity contribution < 1.29 is 9.53 Å². The Morgan fingerprint density at radius 1 is 1.27 bits per heavy atom. The van der Waals surface area contributed by atoms with Crippen LogP contribution in [0.2, 0.25) is 0 Å². The molecule has 2 aromatic heterocycles. The van der Waals surface area contributed by atoms with Crippen LogP contribution in [0.25, 0.3) is 21.7 Å². The van der Waals surface area contributed by atoms with Gasteiger partial charge in [0.25, 0.3) is 5.56 Å². The molecule has 5 nitrogen and oxygen atoms in total. The fourth-order valence-electron chi connectivity index (χ4n) is 4.74. The summed E-state index contributed by atoms with van der Waals surface area (Å²) >= 11 is 1.61. The molecule has 0 bridgehead atoms. The number of rotatable bonds is 5. The van der Waals surface area contributed by atoms with E-state index in [1.54, 1.807) is 18.4 Å². The molecular weight excluding hydrogens is 396 g/mol. The number of carbonyl (C=O) groups excluding carboxylic acids is 1. The van der Waals surface area contributed by atoms with Crippen molar-refractivity contribution in [2.45, 2.75) is 25.4 Å². The van der Waals surface area contributed by atoms with Crippen molar-refractivity contribution in [3.05, 3.63) is 69.3 Å². The predicted octanol–water partition coefficient (Wildman–Crippen LogP) is 3.61. The molecule has 5 rings (SSSR count). The number of pyridine rings is 1. The molecule has 6 heteroatoms. The zero-order valence-corrected chi connectivity index (χ0v) is 17.7. The highest BCUT2D eigenvalue weighted by atomic mass is 32.1. The van der Waals surface area contributed by atoms with Gasteiger partial charge in [0, 0.05) is 30.7 Å². The first kappa shape index (κ1) is 19.4. The van der Waals surface area contributed by atoms with Gasteiger partial charge in [-0.05, 0) is 48.0 Å². The molecule has 2 atom stereocenters. The molecule has 0 aliphatic carbocycles. The van der Waals surface area contributed by atoms with Crippen LogP contribution in [0.15, 0.2) is 52.6 Å². The molecule has 1 saturated heterocycles. The lowest BCUT2D eigenvalue weighted by atomic mass is 9.90. The normalized spacial score (nSPS) is 20.0. The predicted molar refractivity (Wildman–Crippen MR) is 119 cm³/mol. The largest absolute Gasteiger partial charge is 0.384 e. The topological polar surface area (TPSA) is 60.3 Å². The number of fused-ring (bicyclic) bond motifs is 3. The second-order valence-electron chi connectivity index (χ2n) is 7.97. The Kier molecular flexibility index (Phi) is 5.15.